The molecule has 21 heavy (non-hydrogen) atoms. The van der Waals surface area contributed by atoms with E-state index in [9.17, 15) is 0 Å². The Hall–Kier alpha value is -1.50. The maximum atomic E-state index is 9.00. The predicted octanol–water partition coefficient (Wildman–Crippen LogP) is 1.91. The molecule has 0 rings (SSSR count). The highest BCUT2D eigenvalue weighted by Crippen LogP contribution is 2.09. The first kappa shape index (κ1) is 24.5. The fourth-order valence-corrected chi connectivity index (χ4v) is 1.63. The van der Waals surface area contributed by atoms with E-state index >= 15 is 0 Å². The third-order valence-electron chi connectivity index (χ3n) is 2.56. The van der Waals surface area contributed by atoms with Crippen molar-refractivity contribution in [2.24, 2.45) is 28.7 Å². The standard InChI is InChI=1S/C12H27N.2CH4N2O/c1-2-3-4-5-6-7-8-9-10-11-12-13;2*2-1(3)4/h2-13H2,1H3;2*(H4,2,3,4). The first-order valence-corrected chi connectivity index (χ1v) is 7.68. The van der Waals surface area contributed by atoms with Gasteiger partial charge in [-0.3, -0.25) is 0 Å². The number of unbranched alkanes of at least 4 members (excludes halogenated alkanes) is 9. The average molecular weight is 305 g/mol. The molecule has 0 aliphatic carbocycles. The van der Waals surface area contributed by atoms with Gasteiger partial charge in [0.2, 0.25) is 0 Å². The molecule has 128 valence electrons. The van der Waals surface area contributed by atoms with Gasteiger partial charge in [-0.2, -0.15) is 0 Å². The molecule has 7 nitrogen and oxygen atoms in total. The molecule has 0 bridgehead atoms. The lowest BCUT2D eigenvalue weighted by atomic mass is 10.1. The van der Waals surface area contributed by atoms with Crippen LogP contribution in [0, 0.1) is 0 Å². The molecular weight excluding hydrogens is 270 g/mol. The summed E-state index contributed by atoms with van der Waals surface area (Å²) in [5.41, 5.74) is 22.4. The minimum atomic E-state index is -0.833. The van der Waals surface area contributed by atoms with E-state index in [1.807, 2.05) is 0 Å². The van der Waals surface area contributed by atoms with Crippen LogP contribution in [0.3, 0.4) is 0 Å². The van der Waals surface area contributed by atoms with Crippen molar-refractivity contribution in [1.82, 2.24) is 0 Å². The van der Waals surface area contributed by atoms with Crippen molar-refractivity contribution in [3.05, 3.63) is 0 Å². The van der Waals surface area contributed by atoms with Crippen molar-refractivity contribution >= 4 is 12.1 Å². The Bertz CT molecular complexity index is 195. The van der Waals surface area contributed by atoms with Gasteiger partial charge in [0.05, 0.1) is 0 Å². The molecule has 0 radical (unpaired) electrons. The first-order valence-electron chi connectivity index (χ1n) is 7.68. The van der Waals surface area contributed by atoms with E-state index in [-0.39, 0.29) is 0 Å². The first-order chi connectivity index (χ1) is 9.88. The Morgan fingerprint density at radius 3 is 1.10 bits per heavy atom. The number of primary amides is 4. The lowest BCUT2D eigenvalue weighted by molar-refractivity contribution is 0.255. The summed E-state index contributed by atoms with van der Waals surface area (Å²) in [6.45, 7) is 3.14. The van der Waals surface area contributed by atoms with E-state index < -0.39 is 12.1 Å². The van der Waals surface area contributed by atoms with Gasteiger partial charge in [0.1, 0.15) is 0 Å². The van der Waals surface area contributed by atoms with Crippen LogP contribution in [0.4, 0.5) is 9.59 Å². The van der Waals surface area contributed by atoms with Crippen LogP contribution in [0.1, 0.15) is 71.1 Å². The minimum Gasteiger partial charge on any atom is -0.352 e. The fourth-order valence-electron chi connectivity index (χ4n) is 1.63. The lowest BCUT2D eigenvalue weighted by Crippen LogP contribution is -2.18. The molecule has 0 unspecified atom stereocenters. The van der Waals surface area contributed by atoms with Gasteiger partial charge in [-0.15, -0.1) is 0 Å². The Balaban J connectivity index is -0.000000334. The van der Waals surface area contributed by atoms with Crippen molar-refractivity contribution < 1.29 is 9.59 Å². The maximum Gasteiger partial charge on any atom is 0.309 e. The maximum absolute atomic E-state index is 9.00. The van der Waals surface area contributed by atoms with Gasteiger partial charge in [0.25, 0.3) is 0 Å². The van der Waals surface area contributed by atoms with Gasteiger partial charge in [-0.25, -0.2) is 9.59 Å². The van der Waals surface area contributed by atoms with Gasteiger partial charge < -0.3 is 28.7 Å². The van der Waals surface area contributed by atoms with Crippen LogP contribution in [0.15, 0.2) is 0 Å². The van der Waals surface area contributed by atoms with Crippen molar-refractivity contribution in [2.75, 3.05) is 6.54 Å². The molecular formula is C14H35N5O2. The number of hydrogen-bond acceptors (Lipinski definition) is 3. The van der Waals surface area contributed by atoms with E-state index in [1.165, 1.54) is 64.2 Å². The summed E-state index contributed by atoms with van der Waals surface area (Å²) in [5.74, 6) is 0. The van der Waals surface area contributed by atoms with Gasteiger partial charge in [0, 0.05) is 0 Å². The summed E-state index contributed by atoms with van der Waals surface area (Å²) in [7, 11) is 0. The molecule has 0 fully saturated rings. The van der Waals surface area contributed by atoms with Crippen LogP contribution in [-0.2, 0) is 0 Å². The highest BCUT2D eigenvalue weighted by molar-refractivity contribution is 5.69. The lowest BCUT2D eigenvalue weighted by Gasteiger charge is -2.00. The normalized spacial score (nSPS) is 8.86. The summed E-state index contributed by atoms with van der Waals surface area (Å²) >= 11 is 0. The third-order valence-corrected chi connectivity index (χ3v) is 2.56. The number of carbonyl (C=O) groups is 2. The van der Waals surface area contributed by atoms with Crippen molar-refractivity contribution in [1.29, 1.82) is 0 Å². The summed E-state index contributed by atoms with van der Waals surface area (Å²) in [6, 6.07) is -1.67. The van der Waals surface area contributed by atoms with Gasteiger partial charge >= 0.3 is 12.1 Å². The quantitative estimate of drug-likeness (QED) is 0.390. The van der Waals surface area contributed by atoms with Crippen LogP contribution in [0.2, 0.25) is 0 Å². The summed E-state index contributed by atoms with van der Waals surface area (Å²) < 4.78 is 0. The molecule has 0 saturated heterocycles. The number of rotatable bonds is 10. The van der Waals surface area contributed by atoms with Crippen molar-refractivity contribution in [3.63, 3.8) is 0 Å². The summed E-state index contributed by atoms with van der Waals surface area (Å²) in [5, 5.41) is 0. The Morgan fingerprint density at radius 1 is 0.619 bits per heavy atom. The number of carbonyl (C=O) groups excluding carboxylic acids is 2. The molecule has 0 aromatic rings. The predicted molar refractivity (Wildman–Crippen MR) is 88.4 cm³/mol. The fraction of sp³-hybridized carbons (Fsp3) is 0.857. The van der Waals surface area contributed by atoms with Crippen LogP contribution >= 0.6 is 0 Å². The van der Waals surface area contributed by atoms with Gasteiger partial charge in [0.15, 0.2) is 0 Å². The summed E-state index contributed by atoms with van der Waals surface area (Å²) in [6.07, 6.45) is 13.9. The highest BCUT2D eigenvalue weighted by atomic mass is 16.2. The van der Waals surface area contributed by atoms with Gasteiger partial charge in [-0.1, -0.05) is 64.7 Å². The smallest absolute Gasteiger partial charge is 0.309 e. The minimum absolute atomic E-state index is 0.833. The Kier molecular flexibility index (Phi) is 27.5. The van der Waals surface area contributed by atoms with Crippen molar-refractivity contribution in [3.8, 4) is 0 Å². The largest absolute Gasteiger partial charge is 0.352 e. The number of nitrogens with two attached hydrogens (primary N) is 5. The molecule has 0 saturated carbocycles. The molecule has 0 aromatic heterocycles. The van der Waals surface area contributed by atoms with Crippen molar-refractivity contribution in [2.45, 2.75) is 71.1 Å². The third kappa shape index (κ3) is 69.7. The van der Waals surface area contributed by atoms with E-state index in [1.54, 1.807) is 0 Å². The van der Waals surface area contributed by atoms with E-state index in [2.05, 4.69) is 29.9 Å². The SMILES string of the molecule is CCCCCCCCCCCCN.NC(N)=O.NC(N)=O. The Labute approximate surface area is 129 Å². The molecule has 0 atom stereocenters. The zero-order valence-corrected chi connectivity index (χ0v) is 13.5. The second kappa shape index (κ2) is 23.6. The second-order valence-electron chi connectivity index (χ2n) is 4.78. The zero-order valence-electron chi connectivity index (χ0n) is 13.5. The Morgan fingerprint density at radius 2 is 0.857 bits per heavy atom. The molecule has 4 amide bonds. The molecule has 0 heterocycles. The molecule has 0 spiro atoms. The number of hydrogen-bond donors (Lipinski definition) is 5. The molecule has 7 heteroatoms. The van der Waals surface area contributed by atoms with Crippen LogP contribution in [0.25, 0.3) is 0 Å². The molecule has 0 aliphatic heterocycles. The number of urea groups is 2. The molecule has 0 aromatic carbocycles. The monoisotopic (exact) mass is 305 g/mol. The second-order valence-corrected chi connectivity index (χ2v) is 4.78. The topological polar surface area (TPSA) is 164 Å². The number of amides is 4. The van der Waals surface area contributed by atoms with Crippen LogP contribution in [0.5, 0.6) is 0 Å². The van der Waals surface area contributed by atoms with E-state index in [4.69, 9.17) is 15.3 Å². The van der Waals surface area contributed by atoms with Crippen LogP contribution in [-0.4, -0.2) is 18.6 Å². The zero-order chi connectivity index (χ0) is 16.9. The van der Waals surface area contributed by atoms with Gasteiger partial charge in [-0.05, 0) is 13.0 Å². The van der Waals surface area contributed by atoms with E-state index in [0.717, 1.165) is 6.54 Å². The summed E-state index contributed by atoms with van der Waals surface area (Å²) in [4.78, 5) is 18.0. The average Bonchev–Trinajstić information content (AvgIpc) is 2.35. The van der Waals surface area contributed by atoms with E-state index in [0.29, 0.717) is 0 Å². The highest BCUT2D eigenvalue weighted by Gasteiger charge is 1.91. The molecule has 0 aliphatic rings. The molecule has 10 N–H and O–H groups in total. The van der Waals surface area contributed by atoms with Crippen LogP contribution < -0.4 is 28.7 Å².